The quantitative estimate of drug-likeness (QED) is 0.414. The molecule has 0 aromatic rings. The van der Waals surface area contributed by atoms with Gasteiger partial charge >= 0.3 is 0 Å². The topological polar surface area (TPSA) is 38.4 Å². The smallest absolute Gasteiger partial charge is 0.231 e. The van der Waals surface area contributed by atoms with E-state index in [1.807, 2.05) is 33.8 Å². The first-order valence-corrected chi connectivity index (χ1v) is 6.88. The maximum atomic E-state index is 14.4. The standard InChI is InChI=1S/C17H26F2N2/c1-8-13(21-16(19)12(4)20)10-15(18)11(3)14(9-2)17(5,6)7/h8-9H,1,10,20H2,2-7H3/b14-9+,15-11+,16-12+,21-13?. The predicted molar refractivity (Wildman–Crippen MR) is 87.3 cm³/mol. The zero-order chi connectivity index (χ0) is 16.8. The van der Waals surface area contributed by atoms with Gasteiger partial charge in [0.2, 0.25) is 5.95 Å². The average molecular weight is 296 g/mol. The van der Waals surface area contributed by atoms with E-state index in [2.05, 4.69) is 11.6 Å². The Balaban J connectivity index is 5.53. The van der Waals surface area contributed by atoms with E-state index in [1.165, 1.54) is 13.0 Å². The highest BCUT2D eigenvalue weighted by molar-refractivity contribution is 5.96. The Labute approximate surface area is 126 Å². The Kier molecular flexibility index (Phi) is 7.27. The molecule has 0 saturated carbocycles. The van der Waals surface area contributed by atoms with Gasteiger partial charge in [0.1, 0.15) is 5.83 Å². The van der Waals surface area contributed by atoms with Gasteiger partial charge in [0.25, 0.3) is 0 Å². The molecule has 2 N–H and O–H groups in total. The summed E-state index contributed by atoms with van der Waals surface area (Å²) < 4.78 is 27.8. The van der Waals surface area contributed by atoms with Crippen molar-refractivity contribution in [3.05, 3.63) is 47.4 Å². The van der Waals surface area contributed by atoms with Crippen molar-refractivity contribution in [2.24, 2.45) is 16.1 Å². The molecule has 0 spiro atoms. The molecule has 0 aliphatic rings. The molecule has 0 aliphatic heterocycles. The molecule has 0 rings (SSSR count). The van der Waals surface area contributed by atoms with E-state index >= 15 is 0 Å². The van der Waals surface area contributed by atoms with E-state index in [4.69, 9.17) is 5.73 Å². The minimum atomic E-state index is -0.808. The van der Waals surface area contributed by atoms with Gasteiger partial charge in [-0.05, 0) is 43.4 Å². The third kappa shape index (κ3) is 6.06. The highest BCUT2D eigenvalue weighted by Crippen LogP contribution is 2.33. The number of hydrogen-bond acceptors (Lipinski definition) is 2. The van der Waals surface area contributed by atoms with Crippen molar-refractivity contribution in [1.29, 1.82) is 0 Å². The van der Waals surface area contributed by atoms with Crippen LogP contribution in [-0.2, 0) is 0 Å². The first kappa shape index (κ1) is 19.3. The molecular weight excluding hydrogens is 270 g/mol. The van der Waals surface area contributed by atoms with Crippen molar-refractivity contribution >= 4 is 5.71 Å². The van der Waals surface area contributed by atoms with Crippen LogP contribution in [-0.4, -0.2) is 5.71 Å². The van der Waals surface area contributed by atoms with Crippen molar-refractivity contribution in [2.45, 2.75) is 48.0 Å². The normalized spacial score (nSPS) is 16.4. The lowest BCUT2D eigenvalue weighted by Gasteiger charge is -2.24. The van der Waals surface area contributed by atoms with E-state index in [9.17, 15) is 8.78 Å². The predicted octanol–water partition coefficient (Wildman–Crippen LogP) is 5.36. The molecule has 0 aromatic carbocycles. The van der Waals surface area contributed by atoms with Crippen LogP contribution in [0.15, 0.2) is 52.3 Å². The van der Waals surface area contributed by atoms with Gasteiger partial charge in [-0.3, -0.25) is 0 Å². The summed E-state index contributed by atoms with van der Waals surface area (Å²) in [5, 5.41) is 0. The van der Waals surface area contributed by atoms with Gasteiger partial charge in [-0.1, -0.05) is 33.4 Å². The van der Waals surface area contributed by atoms with Gasteiger partial charge in [-0.15, -0.1) is 0 Å². The van der Waals surface area contributed by atoms with Gasteiger partial charge in [0, 0.05) is 12.1 Å². The lowest BCUT2D eigenvalue weighted by atomic mass is 9.81. The number of aliphatic imine (C=N–C) groups is 1. The first-order valence-electron chi connectivity index (χ1n) is 6.88. The van der Waals surface area contributed by atoms with Gasteiger partial charge in [-0.2, -0.15) is 4.39 Å². The molecule has 0 radical (unpaired) electrons. The van der Waals surface area contributed by atoms with E-state index in [0.717, 1.165) is 5.57 Å². The van der Waals surface area contributed by atoms with Gasteiger partial charge < -0.3 is 5.73 Å². The molecule has 0 saturated heterocycles. The minimum Gasteiger partial charge on any atom is -0.399 e. The zero-order valence-electron chi connectivity index (χ0n) is 13.8. The summed E-state index contributed by atoms with van der Waals surface area (Å²) in [5.41, 5.74) is 6.76. The Bertz CT molecular complexity index is 511. The number of allylic oxidation sites excluding steroid dienone is 6. The molecule has 0 atom stereocenters. The van der Waals surface area contributed by atoms with Crippen LogP contribution in [0.3, 0.4) is 0 Å². The van der Waals surface area contributed by atoms with E-state index in [-0.39, 0.29) is 29.1 Å². The minimum absolute atomic E-state index is 0.0423. The van der Waals surface area contributed by atoms with Crippen LogP contribution in [0.4, 0.5) is 8.78 Å². The van der Waals surface area contributed by atoms with Crippen LogP contribution in [0.25, 0.3) is 0 Å². The van der Waals surface area contributed by atoms with Crippen LogP contribution >= 0.6 is 0 Å². The van der Waals surface area contributed by atoms with E-state index in [1.54, 1.807) is 6.92 Å². The fraction of sp³-hybridized carbons (Fsp3) is 0.471. The maximum Gasteiger partial charge on any atom is 0.231 e. The lowest BCUT2D eigenvalue weighted by Crippen LogP contribution is -2.11. The van der Waals surface area contributed by atoms with E-state index in [0.29, 0.717) is 5.57 Å². The van der Waals surface area contributed by atoms with Crippen LogP contribution in [0.1, 0.15) is 48.0 Å². The monoisotopic (exact) mass is 296 g/mol. The molecule has 0 aliphatic carbocycles. The van der Waals surface area contributed by atoms with Crippen molar-refractivity contribution in [1.82, 2.24) is 0 Å². The number of hydrogen-bond donors (Lipinski definition) is 1. The molecule has 0 amide bonds. The first-order chi connectivity index (χ1) is 9.54. The molecule has 0 bridgehead atoms. The highest BCUT2D eigenvalue weighted by atomic mass is 19.1. The molecule has 118 valence electrons. The number of nitrogens with two attached hydrogens (primary N) is 1. The Hall–Kier alpha value is -1.71. The second-order valence-corrected chi connectivity index (χ2v) is 5.94. The third-order valence-electron chi connectivity index (χ3n) is 3.05. The number of rotatable bonds is 5. The van der Waals surface area contributed by atoms with Crippen LogP contribution in [0.5, 0.6) is 0 Å². The molecule has 0 fully saturated rings. The van der Waals surface area contributed by atoms with Crippen LogP contribution < -0.4 is 5.73 Å². The summed E-state index contributed by atoms with van der Waals surface area (Å²) in [6.45, 7) is 14.6. The lowest BCUT2D eigenvalue weighted by molar-refractivity contribution is 0.500. The average Bonchev–Trinajstić information content (AvgIpc) is 2.36. The summed E-state index contributed by atoms with van der Waals surface area (Å²) in [5.74, 6) is -1.16. The summed E-state index contributed by atoms with van der Waals surface area (Å²) in [6.07, 6.45) is 3.12. The molecule has 4 heteroatoms. The fourth-order valence-corrected chi connectivity index (χ4v) is 2.02. The van der Waals surface area contributed by atoms with Crippen LogP contribution in [0.2, 0.25) is 0 Å². The summed E-state index contributed by atoms with van der Waals surface area (Å²) in [7, 11) is 0. The second-order valence-electron chi connectivity index (χ2n) is 5.94. The molecule has 0 aromatic heterocycles. The van der Waals surface area contributed by atoms with Crippen LogP contribution in [0, 0.1) is 5.41 Å². The fourth-order valence-electron chi connectivity index (χ4n) is 2.02. The number of nitrogens with zero attached hydrogens (tertiary/aromatic N) is 1. The summed E-state index contributed by atoms with van der Waals surface area (Å²) in [4.78, 5) is 3.66. The Morgan fingerprint density at radius 2 is 1.76 bits per heavy atom. The molecule has 0 unspecified atom stereocenters. The Morgan fingerprint density at radius 1 is 1.24 bits per heavy atom. The van der Waals surface area contributed by atoms with Gasteiger partial charge in [-0.25, -0.2) is 9.38 Å². The molecule has 21 heavy (non-hydrogen) atoms. The largest absolute Gasteiger partial charge is 0.399 e. The third-order valence-corrected chi connectivity index (χ3v) is 3.05. The Morgan fingerprint density at radius 3 is 2.10 bits per heavy atom. The SMILES string of the molecule is C=CC(C/C(F)=C(C)\C(=C/C)C(C)(C)C)=N/C(F)=C(\C)N. The van der Waals surface area contributed by atoms with Gasteiger partial charge in [0.05, 0.1) is 5.70 Å². The highest BCUT2D eigenvalue weighted by Gasteiger charge is 2.20. The second kappa shape index (κ2) is 7.91. The molecular formula is C17H26F2N2. The zero-order valence-corrected chi connectivity index (χ0v) is 13.8. The van der Waals surface area contributed by atoms with Crippen molar-refractivity contribution in [3.8, 4) is 0 Å². The maximum absolute atomic E-state index is 14.4. The van der Waals surface area contributed by atoms with Crippen molar-refractivity contribution < 1.29 is 8.78 Å². The molecule has 0 heterocycles. The summed E-state index contributed by atoms with van der Waals surface area (Å²) in [6, 6.07) is 0. The number of halogens is 2. The molecule has 2 nitrogen and oxygen atoms in total. The van der Waals surface area contributed by atoms with Crippen molar-refractivity contribution in [3.63, 3.8) is 0 Å². The van der Waals surface area contributed by atoms with Crippen molar-refractivity contribution in [2.75, 3.05) is 0 Å². The van der Waals surface area contributed by atoms with E-state index < -0.39 is 5.95 Å². The summed E-state index contributed by atoms with van der Waals surface area (Å²) >= 11 is 0. The van der Waals surface area contributed by atoms with Gasteiger partial charge in [0.15, 0.2) is 0 Å².